The number of hydrogen-bond acceptors (Lipinski definition) is 3. The molecular formula is C27H27BrCl2N2O3S. The lowest BCUT2D eigenvalue weighted by Gasteiger charge is -2.33. The Labute approximate surface area is 231 Å². The van der Waals surface area contributed by atoms with Gasteiger partial charge in [-0.05, 0) is 74.1 Å². The molecule has 3 aromatic carbocycles. The third-order valence-electron chi connectivity index (χ3n) is 6.59. The quantitative estimate of drug-likeness (QED) is 0.295. The third kappa shape index (κ3) is 5.44. The van der Waals surface area contributed by atoms with Gasteiger partial charge in [0.25, 0.3) is 15.9 Å². The number of para-hydroxylation sites is 1. The van der Waals surface area contributed by atoms with Crippen LogP contribution in [0.4, 0.5) is 5.69 Å². The maximum Gasteiger partial charge on any atom is 0.265 e. The molecule has 1 saturated heterocycles. The summed E-state index contributed by atoms with van der Waals surface area (Å²) in [5, 5.41) is 0.118. The van der Waals surface area contributed by atoms with E-state index in [1.54, 1.807) is 36.1 Å². The highest BCUT2D eigenvalue weighted by atomic mass is 79.9. The summed E-state index contributed by atoms with van der Waals surface area (Å²) in [7, 11) is -4.02. The van der Waals surface area contributed by atoms with E-state index in [1.165, 1.54) is 27.6 Å². The highest BCUT2D eigenvalue weighted by Gasteiger charge is 2.31. The molecule has 3 aromatic rings. The summed E-state index contributed by atoms with van der Waals surface area (Å²) in [6.45, 7) is 5.14. The number of piperidine rings is 1. The Morgan fingerprint density at radius 3 is 2.31 bits per heavy atom. The van der Waals surface area contributed by atoms with Gasteiger partial charge in [0.2, 0.25) is 0 Å². The number of nitrogens with zero attached hydrogens (tertiary/aromatic N) is 2. The van der Waals surface area contributed by atoms with Crippen molar-refractivity contribution in [1.82, 2.24) is 4.90 Å². The summed E-state index contributed by atoms with van der Waals surface area (Å²) >= 11 is 16.3. The van der Waals surface area contributed by atoms with Crippen molar-refractivity contribution >= 4 is 60.7 Å². The molecule has 1 fully saturated rings. The van der Waals surface area contributed by atoms with Crippen molar-refractivity contribution in [2.45, 2.75) is 37.5 Å². The van der Waals surface area contributed by atoms with E-state index in [0.29, 0.717) is 24.7 Å². The van der Waals surface area contributed by atoms with Gasteiger partial charge in [-0.3, -0.25) is 9.10 Å². The molecule has 0 N–H and O–H groups in total. The van der Waals surface area contributed by atoms with Gasteiger partial charge < -0.3 is 4.90 Å². The summed E-state index contributed by atoms with van der Waals surface area (Å²) in [6.07, 6.45) is 1.64. The molecule has 0 aromatic heterocycles. The zero-order valence-corrected chi connectivity index (χ0v) is 24.0. The van der Waals surface area contributed by atoms with Gasteiger partial charge in [-0.2, -0.15) is 0 Å². The minimum Gasteiger partial charge on any atom is -0.339 e. The van der Waals surface area contributed by atoms with Gasteiger partial charge in [-0.1, -0.05) is 69.5 Å². The lowest BCUT2D eigenvalue weighted by atomic mass is 9.88. The fraction of sp³-hybridized carbons (Fsp3) is 0.296. The summed E-state index contributed by atoms with van der Waals surface area (Å²) in [6, 6.07) is 17.8. The Bertz CT molecular complexity index is 1380. The molecule has 0 aliphatic carbocycles. The number of hydrogen-bond donors (Lipinski definition) is 0. The number of halogens is 3. The van der Waals surface area contributed by atoms with E-state index in [1.807, 2.05) is 6.07 Å². The number of amides is 1. The molecule has 0 saturated carbocycles. The molecule has 1 heterocycles. The van der Waals surface area contributed by atoms with Gasteiger partial charge in [0.05, 0.1) is 21.3 Å². The molecule has 0 unspecified atom stereocenters. The van der Waals surface area contributed by atoms with Crippen molar-refractivity contribution in [1.29, 1.82) is 0 Å². The first-order valence-electron chi connectivity index (χ1n) is 11.8. The molecule has 1 aliphatic rings. The van der Waals surface area contributed by atoms with E-state index < -0.39 is 10.0 Å². The minimum absolute atomic E-state index is 0.0183. The maximum atomic E-state index is 13.6. The Balaban J connectivity index is 1.58. The number of rotatable bonds is 6. The summed E-state index contributed by atoms with van der Waals surface area (Å²) in [4.78, 5) is 15.0. The lowest BCUT2D eigenvalue weighted by molar-refractivity contribution is 0.0713. The molecule has 1 aliphatic heterocycles. The number of carbonyl (C=O) groups is 1. The number of likely N-dealkylation sites (tertiary alicyclic amines) is 1. The van der Waals surface area contributed by atoms with E-state index in [-0.39, 0.29) is 33.0 Å². The maximum absolute atomic E-state index is 13.6. The highest BCUT2D eigenvalue weighted by Crippen LogP contribution is 2.35. The third-order valence-corrected chi connectivity index (χ3v) is 10.2. The van der Waals surface area contributed by atoms with Gasteiger partial charge in [0.15, 0.2) is 0 Å². The molecule has 0 atom stereocenters. The van der Waals surface area contributed by atoms with Gasteiger partial charge in [0.1, 0.15) is 4.90 Å². The first-order chi connectivity index (χ1) is 17.1. The fourth-order valence-electron chi connectivity index (χ4n) is 4.60. The average Bonchev–Trinajstić information content (AvgIpc) is 2.86. The van der Waals surface area contributed by atoms with E-state index in [2.05, 4.69) is 41.1 Å². The van der Waals surface area contributed by atoms with Crippen LogP contribution in [0.25, 0.3) is 0 Å². The monoisotopic (exact) mass is 608 g/mol. The second-order valence-electron chi connectivity index (χ2n) is 8.84. The first kappa shape index (κ1) is 27.0. The van der Waals surface area contributed by atoms with Crippen LogP contribution in [0.2, 0.25) is 10.0 Å². The number of sulfonamides is 1. The second-order valence-corrected chi connectivity index (χ2v) is 12.3. The lowest BCUT2D eigenvalue weighted by Crippen LogP contribution is -2.38. The molecule has 190 valence electrons. The molecule has 5 nitrogen and oxygen atoms in total. The standard InChI is InChI=1S/C27H27BrCl2N2O3S/c1-3-32(21-7-5-4-6-8-21)36(34,35)26-16-22(24(29)17-25(26)30)27(33)31-13-11-19(12-14-31)20-9-10-23(28)18(2)15-20/h4-10,15-17,19H,3,11-14H2,1-2H3. The predicted molar refractivity (Wildman–Crippen MR) is 150 cm³/mol. The molecule has 9 heteroatoms. The van der Waals surface area contributed by atoms with Crippen LogP contribution >= 0.6 is 39.1 Å². The summed E-state index contributed by atoms with van der Waals surface area (Å²) in [5.74, 6) is 0.0720. The van der Waals surface area contributed by atoms with Crippen molar-refractivity contribution in [3.05, 3.63) is 91.9 Å². The molecule has 4 rings (SSSR count). The molecule has 0 radical (unpaired) electrons. The average molecular weight is 610 g/mol. The Hall–Kier alpha value is -2.06. The van der Waals surface area contributed by atoms with Crippen LogP contribution in [0, 0.1) is 6.92 Å². The van der Waals surface area contributed by atoms with Gasteiger partial charge in [0, 0.05) is 24.1 Å². The number of aryl methyl sites for hydroxylation is 1. The molecule has 36 heavy (non-hydrogen) atoms. The molecule has 0 bridgehead atoms. The van der Waals surface area contributed by atoms with E-state index in [9.17, 15) is 13.2 Å². The molecule has 0 spiro atoms. The minimum atomic E-state index is -4.02. The summed E-state index contributed by atoms with van der Waals surface area (Å²) in [5.41, 5.74) is 3.11. The summed E-state index contributed by atoms with van der Waals surface area (Å²) < 4.78 is 29.5. The van der Waals surface area contributed by atoms with Crippen LogP contribution in [0.15, 0.2) is 70.0 Å². The smallest absolute Gasteiger partial charge is 0.265 e. The Morgan fingerprint density at radius 2 is 1.69 bits per heavy atom. The number of carbonyl (C=O) groups excluding carboxylic acids is 1. The van der Waals surface area contributed by atoms with Crippen molar-refractivity contribution < 1.29 is 13.2 Å². The zero-order valence-electron chi connectivity index (χ0n) is 20.0. The number of benzene rings is 3. The zero-order chi connectivity index (χ0) is 26.0. The van der Waals surface area contributed by atoms with Crippen LogP contribution in [-0.2, 0) is 10.0 Å². The Morgan fingerprint density at radius 1 is 1.03 bits per heavy atom. The number of anilines is 1. The molecular weight excluding hydrogens is 583 g/mol. The van der Waals surface area contributed by atoms with E-state index in [0.717, 1.165) is 17.3 Å². The first-order valence-corrected chi connectivity index (χ1v) is 14.7. The van der Waals surface area contributed by atoms with Crippen LogP contribution < -0.4 is 4.31 Å². The van der Waals surface area contributed by atoms with Gasteiger partial charge in [-0.25, -0.2) is 8.42 Å². The van der Waals surface area contributed by atoms with Gasteiger partial charge in [-0.15, -0.1) is 0 Å². The van der Waals surface area contributed by atoms with Crippen molar-refractivity contribution in [3.8, 4) is 0 Å². The van der Waals surface area contributed by atoms with Crippen molar-refractivity contribution in [2.24, 2.45) is 0 Å². The largest absolute Gasteiger partial charge is 0.339 e. The second kappa shape index (κ2) is 11.1. The topological polar surface area (TPSA) is 57.7 Å². The van der Waals surface area contributed by atoms with E-state index >= 15 is 0 Å². The predicted octanol–water partition coefficient (Wildman–Crippen LogP) is 7.30. The van der Waals surface area contributed by atoms with E-state index in [4.69, 9.17) is 23.2 Å². The fourth-order valence-corrected chi connectivity index (χ4v) is 7.15. The highest BCUT2D eigenvalue weighted by molar-refractivity contribution is 9.10. The normalized spacial score (nSPS) is 14.6. The van der Waals surface area contributed by atoms with Crippen LogP contribution in [-0.4, -0.2) is 38.9 Å². The van der Waals surface area contributed by atoms with Crippen molar-refractivity contribution in [3.63, 3.8) is 0 Å². The van der Waals surface area contributed by atoms with Crippen molar-refractivity contribution in [2.75, 3.05) is 23.9 Å². The van der Waals surface area contributed by atoms with Crippen LogP contribution in [0.5, 0.6) is 0 Å². The van der Waals surface area contributed by atoms with Crippen LogP contribution in [0.3, 0.4) is 0 Å². The Kier molecular flexibility index (Phi) is 8.35. The van der Waals surface area contributed by atoms with Gasteiger partial charge >= 0.3 is 0 Å². The van der Waals surface area contributed by atoms with Crippen LogP contribution in [0.1, 0.15) is 47.2 Å². The molecule has 1 amide bonds. The SMILES string of the molecule is CCN(c1ccccc1)S(=O)(=O)c1cc(C(=O)N2CCC(c3ccc(Br)c(C)c3)CC2)c(Cl)cc1Cl.